The Hall–Kier alpha value is -2.89. The second-order valence-electron chi connectivity index (χ2n) is 6.84. The van der Waals surface area contributed by atoms with E-state index >= 15 is 0 Å². The molecule has 1 amide bonds. The minimum Gasteiger partial charge on any atom is -0.465 e. The summed E-state index contributed by atoms with van der Waals surface area (Å²) >= 11 is 0. The van der Waals surface area contributed by atoms with E-state index in [4.69, 9.17) is 4.74 Å². The molecule has 1 fully saturated rings. The van der Waals surface area contributed by atoms with E-state index in [1.807, 2.05) is 18.2 Å². The molecule has 27 heavy (non-hydrogen) atoms. The number of carbonyl (C=O) groups excluding carboxylic acids is 2. The molecule has 1 aliphatic carbocycles. The Kier molecular flexibility index (Phi) is 6.06. The zero-order valence-corrected chi connectivity index (χ0v) is 15.4. The van der Waals surface area contributed by atoms with Crippen molar-refractivity contribution in [3.05, 3.63) is 58.5 Å². The van der Waals surface area contributed by atoms with Crippen molar-refractivity contribution in [1.29, 1.82) is 0 Å². The van der Waals surface area contributed by atoms with Gasteiger partial charge in [-0.05, 0) is 24.5 Å². The van der Waals surface area contributed by atoms with Crippen molar-refractivity contribution >= 4 is 11.9 Å². The average Bonchev–Trinajstić information content (AvgIpc) is 2.70. The van der Waals surface area contributed by atoms with E-state index < -0.39 is 5.97 Å². The average molecular weight is 368 g/mol. The van der Waals surface area contributed by atoms with E-state index in [-0.39, 0.29) is 29.6 Å². The van der Waals surface area contributed by atoms with Gasteiger partial charge < -0.3 is 14.6 Å². The molecule has 1 aromatic heterocycles. The lowest BCUT2D eigenvalue weighted by atomic mass is 9.95. The van der Waals surface area contributed by atoms with Gasteiger partial charge in [0.1, 0.15) is 6.54 Å². The van der Waals surface area contributed by atoms with Crippen LogP contribution in [0.25, 0.3) is 11.1 Å². The van der Waals surface area contributed by atoms with Crippen LogP contribution in [0.3, 0.4) is 0 Å². The molecule has 0 atom stereocenters. The normalized spacial score (nSPS) is 14.6. The smallest absolute Gasteiger partial charge is 0.339 e. The maximum atomic E-state index is 12.9. The van der Waals surface area contributed by atoms with E-state index in [0.29, 0.717) is 11.1 Å². The number of carbonyl (C=O) groups is 2. The molecule has 1 aromatic carbocycles. The third kappa shape index (κ3) is 4.64. The van der Waals surface area contributed by atoms with Gasteiger partial charge in [0.15, 0.2) is 0 Å². The number of hydrogen-bond donors (Lipinski definition) is 1. The largest absolute Gasteiger partial charge is 0.465 e. The van der Waals surface area contributed by atoms with Crippen LogP contribution in [0.5, 0.6) is 0 Å². The van der Waals surface area contributed by atoms with Crippen LogP contribution in [-0.2, 0) is 16.1 Å². The number of aromatic nitrogens is 1. The van der Waals surface area contributed by atoms with E-state index in [0.717, 1.165) is 25.7 Å². The van der Waals surface area contributed by atoms with Crippen molar-refractivity contribution in [3.8, 4) is 11.1 Å². The zero-order chi connectivity index (χ0) is 19.2. The first-order valence-corrected chi connectivity index (χ1v) is 9.26. The van der Waals surface area contributed by atoms with Crippen LogP contribution in [0.15, 0.2) is 47.4 Å². The molecular weight excluding hydrogens is 344 g/mol. The molecule has 0 saturated heterocycles. The standard InChI is InChI=1S/C21H24N2O4/c1-27-21(26)16-12-18(15-8-4-2-5-9-15)20(25)23(13-16)14-19(24)22-17-10-6-3-7-11-17/h2,4-5,8-9,12-13,17H,3,6-7,10-11,14H2,1H3,(H,22,24). The van der Waals surface area contributed by atoms with Gasteiger partial charge in [0.25, 0.3) is 5.56 Å². The number of pyridine rings is 1. The van der Waals surface area contributed by atoms with Crippen LogP contribution in [0.1, 0.15) is 42.5 Å². The molecule has 0 aliphatic heterocycles. The summed E-state index contributed by atoms with van der Waals surface area (Å²) in [7, 11) is 1.29. The number of ether oxygens (including phenoxy) is 1. The van der Waals surface area contributed by atoms with Crippen molar-refractivity contribution in [2.75, 3.05) is 7.11 Å². The Balaban J connectivity index is 1.90. The second kappa shape index (κ2) is 8.66. The van der Waals surface area contributed by atoms with Crippen LogP contribution < -0.4 is 10.9 Å². The molecule has 1 aliphatic rings. The third-order valence-corrected chi connectivity index (χ3v) is 4.88. The van der Waals surface area contributed by atoms with Gasteiger partial charge in [0.05, 0.1) is 12.7 Å². The summed E-state index contributed by atoms with van der Waals surface area (Å²) in [5, 5.41) is 3.00. The van der Waals surface area contributed by atoms with Gasteiger partial charge in [0, 0.05) is 17.8 Å². The molecule has 1 saturated carbocycles. The molecule has 6 heteroatoms. The Bertz CT molecular complexity index is 867. The highest BCUT2D eigenvalue weighted by molar-refractivity contribution is 5.90. The van der Waals surface area contributed by atoms with Crippen LogP contribution >= 0.6 is 0 Å². The molecule has 1 heterocycles. The summed E-state index contributed by atoms with van der Waals surface area (Å²) < 4.78 is 6.08. The molecule has 3 rings (SSSR count). The van der Waals surface area contributed by atoms with Crippen molar-refractivity contribution in [2.45, 2.75) is 44.7 Å². The summed E-state index contributed by atoms with van der Waals surface area (Å²) in [6, 6.07) is 10.8. The highest BCUT2D eigenvalue weighted by atomic mass is 16.5. The molecule has 2 aromatic rings. The van der Waals surface area contributed by atoms with Gasteiger partial charge in [0.2, 0.25) is 5.91 Å². The van der Waals surface area contributed by atoms with E-state index in [9.17, 15) is 14.4 Å². The molecule has 1 N–H and O–H groups in total. The Labute approximate surface area is 158 Å². The van der Waals surface area contributed by atoms with Gasteiger partial charge in [-0.15, -0.1) is 0 Å². The van der Waals surface area contributed by atoms with Gasteiger partial charge in [-0.2, -0.15) is 0 Å². The highest BCUT2D eigenvalue weighted by Crippen LogP contribution is 2.18. The lowest BCUT2D eigenvalue weighted by Gasteiger charge is -2.23. The molecule has 0 unspecified atom stereocenters. The van der Waals surface area contributed by atoms with Crippen molar-refractivity contribution in [2.24, 2.45) is 0 Å². The second-order valence-corrected chi connectivity index (χ2v) is 6.84. The van der Waals surface area contributed by atoms with E-state index in [1.54, 1.807) is 12.1 Å². The number of esters is 1. The fraction of sp³-hybridized carbons (Fsp3) is 0.381. The highest BCUT2D eigenvalue weighted by Gasteiger charge is 2.18. The Morgan fingerprint density at radius 2 is 1.85 bits per heavy atom. The van der Waals surface area contributed by atoms with Crippen molar-refractivity contribution < 1.29 is 14.3 Å². The summed E-state index contributed by atoms with van der Waals surface area (Å²) in [4.78, 5) is 37.4. The molecule has 142 valence electrons. The maximum Gasteiger partial charge on any atom is 0.339 e. The van der Waals surface area contributed by atoms with Crippen LogP contribution in [-0.4, -0.2) is 29.6 Å². The Morgan fingerprint density at radius 1 is 1.15 bits per heavy atom. The summed E-state index contributed by atoms with van der Waals surface area (Å²) in [5.74, 6) is -0.765. The minimum absolute atomic E-state index is 0.125. The van der Waals surface area contributed by atoms with Crippen molar-refractivity contribution in [1.82, 2.24) is 9.88 Å². The van der Waals surface area contributed by atoms with Crippen LogP contribution in [0.4, 0.5) is 0 Å². The Morgan fingerprint density at radius 3 is 2.52 bits per heavy atom. The minimum atomic E-state index is -0.548. The number of hydrogen-bond acceptors (Lipinski definition) is 4. The lowest BCUT2D eigenvalue weighted by Crippen LogP contribution is -2.40. The number of amides is 1. The van der Waals surface area contributed by atoms with E-state index in [1.165, 1.54) is 30.4 Å². The first-order chi connectivity index (χ1) is 13.1. The lowest BCUT2D eigenvalue weighted by molar-refractivity contribution is -0.122. The summed E-state index contributed by atoms with van der Waals surface area (Å²) in [6.07, 6.45) is 6.76. The number of rotatable bonds is 5. The molecule has 0 spiro atoms. The maximum absolute atomic E-state index is 12.9. The number of methoxy groups -OCH3 is 1. The molecule has 6 nitrogen and oxygen atoms in total. The fourth-order valence-corrected chi connectivity index (χ4v) is 3.48. The van der Waals surface area contributed by atoms with Gasteiger partial charge >= 0.3 is 5.97 Å². The van der Waals surface area contributed by atoms with E-state index in [2.05, 4.69) is 5.32 Å². The summed E-state index contributed by atoms with van der Waals surface area (Å²) in [6.45, 7) is -0.125. The quantitative estimate of drug-likeness (QED) is 0.823. The van der Waals surface area contributed by atoms with Crippen LogP contribution in [0.2, 0.25) is 0 Å². The predicted molar refractivity (Wildman–Crippen MR) is 102 cm³/mol. The van der Waals surface area contributed by atoms with Crippen molar-refractivity contribution in [3.63, 3.8) is 0 Å². The molecule has 0 bridgehead atoms. The van der Waals surface area contributed by atoms with Gasteiger partial charge in [-0.1, -0.05) is 49.6 Å². The first kappa shape index (κ1) is 18.9. The number of benzene rings is 1. The summed E-state index contributed by atoms with van der Waals surface area (Å²) in [5.41, 5.74) is 0.979. The molecular formula is C21H24N2O4. The number of nitrogens with one attached hydrogen (secondary N) is 1. The van der Waals surface area contributed by atoms with Crippen LogP contribution in [0, 0.1) is 0 Å². The fourth-order valence-electron chi connectivity index (χ4n) is 3.48. The zero-order valence-electron chi connectivity index (χ0n) is 15.4. The predicted octanol–water partition coefficient (Wildman–Crippen LogP) is 2.75. The number of nitrogens with zero attached hydrogens (tertiary/aromatic N) is 1. The third-order valence-electron chi connectivity index (χ3n) is 4.88. The topological polar surface area (TPSA) is 77.4 Å². The van der Waals surface area contributed by atoms with Gasteiger partial charge in [-0.3, -0.25) is 9.59 Å². The van der Waals surface area contributed by atoms with Gasteiger partial charge in [-0.25, -0.2) is 4.79 Å². The SMILES string of the molecule is COC(=O)c1cc(-c2ccccc2)c(=O)n(CC(=O)NC2CCCCC2)c1. The molecule has 0 radical (unpaired) electrons. The monoisotopic (exact) mass is 368 g/mol. The first-order valence-electron chi connectivity index (χ1n) is 9.26.